The number of aromatic nitrogens is 2. The first kappa shape index (κ1) is 14.3. The molecule has 0 saturated carbocycles. The molecule has 0 fully saturated rings. The molecule has 0 radical (unpaired) electrons. The summed E-state index contributed by atoms with van der Waals surface area (Å²) in [5.41, 5.74) is 1.02. The molecule has 0 aliphatic rings. The maximum absolute atomic E-state index is 12.8. The molecule has 0 aliphatic carbocycles. The molecule has 0 bridgehead atoms. The molecule has 0 amide bonds. The van der Waals surface area contributed by atoms with Crippen LogP contribution >= 0.6 is 28.1 Å². The van der Waals surface area contributed by atoms with Crippen molar-refractivity contribution in [2.75, 3.05) is 0 Å². The Hall–Kier alpha value is -1.60. The summed E-state index contributed by atoms with van der Waals surface area (Å²) in [5.74, 6) is 0. The number of hydrogen-bond donors (Lipinski definition) is 1. The molecule has 21 heavy (non-hydrogen) atoms. The minimum Gasteiger partial charge on any atom is -0.330 e. The van der Waals surface area contributed by atoms with Gasteiger partial charge in [-0.2, -0.15) is 13.2 Å². The van der Waals surface area contributed by atoms with E-state index >= 15 is 0 Å². The Morgan fingerprint density at radius 3 is 2.48 bits per heavy atom. The van der Waals surface area contributed by atoms with Crippen LogP contribution in [0, 0.1) is 4.77 Å². The average molecular weight is 373 g/mol. The minimum absolute atomic E-state index is 0.344. The maximum Gasteiger partial charge on any atom is 0.416 e. The Kier molecular flexibility index (Phi) is 3.41. The Balaban J connectivity index is 2.29. The van der Waals surface area contributed by atoms with Crippen LogP contribution in [0.25, 0.3) is 16.7 Å². The van der Waals surface area contributed by atoms with Crippen LogP contribution in [0.3, 0.4) is 0 Å². The van der Waals surface area contributed by atoms with Crippen molar-refractivity contribution in [3.05, 3.63) is 57.3 Å². The first-order valence-electron chi connectivity index (χ1n) is 5.95. The molecule has 7 heteroatoms. The van der Waals surface area contributed by atoms with Gasteiger partial charge in [0.1, 0.15) is 0 Å². The lowest BCUT2D eigenvalue weighted by Gasteiger charge is -2.08. The maximum atomic E-state index is 12.8. The zero-order valence-corrected chi connectivity index (χ0v) is 12.8. The van der Waals surface area contributed by atoms with Gasteiger partial charge in [-0.1, -0.05) is 12.1 Å². The molecule has 1 aromatic heterocycles. The number of alkyl halides is 3. The van der Waals surface area contributed by atoms with E-state index in [4.69, 9.17) is 12.2 Å². The van der Waals surface area contributed by atoms with E-state index < -0.39 is 11.7 Å². The van der Waals surface area contributed by atoms with Gasteiger partial charge in [0.25, 0.3) is 0 Å². The molecule has 108 valence electrons. The molecule has 0 unspecified atom stereocenters. The van der Waals surface area contributed by atoms with Crippen molar-refractivity contribution in [2.24, 2.45) is 0 Å². The van der Waals surface area contributed by atoms with Crippen LogP contribution < -0.4 is 0 Å². The van der Waals surface area contributed by atoms with Crippen molar-refractivity contribution in [2.45, 2.75) is 6.18 Å². The average Bonchev–Trinajstić information content (AvgIpc) is 2.73. The van der Waals surface area contributed by atoms with Crippen molar-refractivity contribution < 1.29 is 13.2 Å². The summed E-state index contributed by atoms with van der Waals surface area (Å²) in [7, 11) is 0. The number of imidazole rings is 1. The summed E-state index contributed by atoms with van der Waals surface area (Å²) >= 11 is 8.66. The third-order valence-corrected chi connectivity index (χ3v) is 4.06. The lowest BCUT2D eigenvalue weighted by molar-refractivity contribution is -0.137. The Bertz CT molecular complexity index is 880. The first-order valence-corrected chi connectivity index (χ1v) is 7.15. The van der Waals surface area contributed by atoms with Crippen LogP contribution in [0.4, 0.5) is 13.2 Å². The van der Waals surface area contributed by atoms with Crippen LogP contribution in [-0.2, 0) is 6.18 Å². The monoisotopic (exact) mass is 372 g/mol. The van der Waals surface area contributed by atoms with Gasteiger partial charge in [0, 0.05) is 4.47 Å². The number of H-pyrrole nitrogens is 1. The van der Waals surface area contributed by atoms with Gasteiger partial charge in [-0.25, -0.2) is 0 Å². The Morgan fingerprint density at radius 1 is 1.10 bits per heavy atom. The molecule has 0 aliphatic heterocycles. The quantitative estimate of drug-likeness (QED) is 0.561. The molecule has 3 rings (SSSR count). The van der Waals surface area contributed by atoms with E-state index in [1.54, 1.807) is 4.57 Å². The Morgan fingerprint density at radius 2 is 1.81 bits per heavy atom. The fourth-order valence-corrected chi connectivity index (χ4v) is 2.93. The summed E-state index contributed by atoms with van der Waals surface area (Å²) in [4.78, 5) is 2.82. The molecule has 1 heterocycles. The number of benzene rings is 2. The van der Waals surface area contributed by atoms with E-state index in [-0.39, 0.29) is 0 Å². The highest BCUT2D eigenvalue weighted by Crippen LogP contribution is 2.32. The highest BCUT2D eigenvalue weighted by Gasteiger charge is 2.30. The summed E-state index contributed by atoms with van der Waals surface area (Å²) in [6, 6.07) is 10.9. The van der Waals surface area contributed by atoms with E-state index in [9.17, 15) is 13.2 Å². The van der Waals surface area contributed by atoms with E-state index in [1.165, 1.54) is 6.07 Å². The van der Waals surface area contributed by atoms with Crippen molar-refractivity contribution >= 4 is 39.2 Å². The molecular formula is C14H8BrF3N2S. The number of hydrogen-bond acceptors (Lipinski definition) is 1. The van der Waals surface area contributed by atoms with Crippen molar-refractivity contribution in [1.82, 2.24) is 9.55 Å². The van der Waals surface area contributed by atoms with Crippen LogP contribution in [0.15, 0.2) is 46.9 Å². The molecule has 0 spiro atoms. The van der Waals surface area contributed by atoms with Gasteiger partial charge in [0.15, 0.2) is 4.77 Å². The number of nitrogens with zero attached hydrogens (tertiary/aromatic N) is 1. The number of para-hydroxylation sites is 1. The molecule has 2 aromatic carbocycles. The van der Waals surface area contributed by atoms with Gasteiger partial charge in [0.05, 0.1) is 22.3 Å². The van der Waals surface area contributed by atoms with Gasteiger partial charge in [0.2, 0.25) is 0 Å². The van der Waals surface area contributed by atoms with E-state index in [0.29, 0.717) is 15.8 Å². The van der Waals surface area contributed by atoms with Gasteiger partial charge in [-0.05, 0) is 58.5 Å². The zero-order valence-electron chi connectivity index (χ0n) is 10.4. The zero-order chi connectivity index (χ0) is 15.2. The topological polar surface area (TPSA) is 20.7 Å². The highest BCUT2D eigenvalue weighted by atomic mass is 79.9. The number of fused-ring (bicyclic) bond motifs is 1. The van der Waals surface area contributed by atoms with Crippen molar-refractivity contribution in [1.29, 1.82) is 0 Å². The standard InChI is InChI=1S/C14H8BrF3N2S/c15-9-3-1-2-4-11(9)20-12-6-5-8(14(16,17)18)7-10(12)19-13(20)21/h1-7H,(H,19,21). The van der Waals surface area contributed by atoms with E-state index in [1.807, 2.05) is 24.3 Å². The van der Waals surface area contributed by atoms with E-state index in [0.717, 1.165) is 22.3 Å². The minimum atomic E-state index is -4.38. The molecule has 0 atom stereocenters. The number of aromatic amines is 1. The largest absolute Gasteiger partial charge is 0.416 e. The van der Waals surface area contributed by atoms with Gasteiger partial charge >= 0.3 is 6.18 Å². The predicted octanol–water partition coefficient (Wildman–Crippen LogP) is 5.47. The van der Waals surface area contributed by atoms with Gasteiger partial charge in [-0.3, -0.25) is 4.57 Å². The number of nitrogens with one attached hydrogen (secondary N) is 1. The summed E-state index contributed by atoms with van der Waals surface area (Å²) in [6.45, 7) is 0. The normalized spacial score (nSPS) is 12.0. The van der Waals surface area contributed by atoms with Crippen LogP contribution in [-0.4, -0.2) is 9.55 Å². The SMILES string of the molecule is FC(F)(F)c1ccc2c(c1)[nH]c(=S)n2-c1ccccc1Br. The van der Waals surface area contributed by atoms with Crippen LogP contribution in [0.1, 0.15) is 5.56 Å². The van der Waals surface area contributed by atoms with Crippen LogP contribution in [0.2, 0.25) is 0 Å². The molecule has 0 saturated heterocycles. The smallest absolute Gasteiger partial charge is 0.330 e. The van der Waals surface area contributed by atoms with Gasteiger partial charge in [-0.15, -0.1) is 0 Å². The lowest BCUT2D eigenvalue weighted by Crippen LogP contribution is -2.04. The molecule has 1 N–H and O–H groups in total. The second-order valence-electron chi connectivity index (χ2n) is 4.45. The summed E-state index contributed by atoms with van der Waals surface area (Å²) < 4.78 is 41.1. The summed E-state index contributed by atoms with van der Waals surface area (Å²) in [6.07, 6.45) is -4.38. The highest BCUT2D eigenvalue weighted by molar-refractivity contribution is 9.10. The Labute approximate surface area is 131 Å². The van der Waals surface area contributed by atoms with Crippen molar-refractivity contribution in [3.8, 4) is 5.69 Å². The van der Waals surface area contributed by atoms with E-state index in [2.05, 4.69) is 20.9 Å². The lowest BCUT2D eigenvalue weighted by atomic mass is 10.2. The second-order valence-corrected chi connectivity index (χ2v) is 5.69. The molecule has 2 nitrogen and oxygen atoms in total. The second kappa shape index (κ2) is 4.99. The predicted molar refractivity (Wildman–Crippen MR) is 81.2 cm³/mol. The molecule has 3 aromatic rings. The third-order valence-electron chi connectivity index (χ3n) is 3.10. The fourth-order valence-electron chi connectivity index (χ4n) is 2.16. The fraction of sp³-hybridized carbons (Fsp3) is 0.0714. The van der Waals surface area contributed by atoms with Crippen LogP contribution in [0.5, 0.6) is 0 Å². The van der Waals surface area contributed by atoms with Gasteiger partial charge < -0.3 is 4.98 Å². The summed E-state index contributed by atoms with van der Waals surface area (Å²) in [5, 5.41) is 0. The molecular weight excluding hydrogens is 365 g/mol. The van der Waals surface area contributed by atoms with Crippen molar-refractivity contribution in [3.63, 3.8) is 0 Å². The third kappa shape index (κ3) is 2.51. The number of rotatable bonds is 1. The first-order chi connectivity index (χ1) is 9.88. The number of halogens is 4.